The van der Waals surface area contributed by atoms with Gasteiger partial charge in [-0.25, -0.2) is 9.59 Å². The minimum Gasteiger partial charge on any atom is -0.479 e. The first kappa shape index (κ1) is 23.4. The molecule has 1 unspecified atom stereocenters. The van der Waals surface area contributed by atoms with E-state index < -0.39 is 18.2 Å². The van der Waals surface area contributed by atoms with Gasteiger partial charge in [-0.3, -0.25) is 4.79 Å². The molecule has 3 aliphatic rings. The highest BCUT2D eigenvalue weighted by molar-refractivity contribution is 5.80. The van der Waals surface area contributed by atoms with Gasteiger partial charge in [0, 0.05) is 25.4 Å². The van der Waals surface area contributed by atoms with Gasteiger partial charge in [0.15, 0.2) is 6.10 Å². The van der Waals surface area contributed by atoms with Gasteiger partial charge in [0.2, 0.25) is 5.91 Å². The van der Waals surface area contributed by atoms with Gasteiger partial charge in [0.05, 0.1) is 13.2 Å². The van der Waals surface area contributed by atoms with Crippen LogP contribution in [0.3, 0.4) is 0 Å². The van der Waals surface area contributed by atoms with Crippen LogP contribution in [0.2, 0.25) is 0 Å². The molecule has 8 heteroatoms. The zero-order valence-corrected chi connectivity index (χ0v) is 19.5. The third kappa shape index (κ3) is 5.03. The molecule has 2 aromatic carbocycles. The molecule has 2 aromatic rings. The molecule has 1 saturated heterocycles. The third-order valence-corrected chi connectivity index (χ3v) is 7.37. The van der Waals surface area contributed by atoms with E-state index in [9.17, 15) is 14.4 Å². The number of fused-ring (bicyclic) bond motifs is 3. The SMILES string of the molecule is O=C(NCC1CC(CC(=O)N2CCOC(C(=O)O)C2)C1)OCC1c2ccccc2-c2ccccc21. The van der Waals surface area contributed by atoms with Crippen LogP contribution in [0.15, 0.2) is 48.5 Å². The molecule has 1 atom stereocenters. The number of rotatable bonds is 7. The number of alkyl carbamates (subject to hydrolysis) is 1. The number of carbonyl (C=O) groups is 3. The van der Waals surface area contributed by atoms with Crippen molar-refractivity contribution in [1.29, 1.82) is 0 Å². The third-order valence-electron chi connectivity index (χ3n) is 7.37. The summed E-state index contributed by atoms with van der Waals surface area (Å²) in [5.41, 5.74) is 4.76. The number of ether oxygens (including phenoxy) is 2. The molecule has 2 aliphatic carbocycles. The second kappa shape index (κ2) is 10.1. The molecule has 2 N–H and O–H groups in total. The molecule has 2 amide bonds. The Morgan fingerprint density at radius 3 is 2.31 bits per heavy atom. The fraction of sp³-hybridized carbons (Fsp3) is 0.444. The van der Waals surface area contributed by atoms with E-state index >= 15 is 0 Å². The van der Waals surface area contributed by atoms with E-state index in [-0.39, 0.29) is 30.9 Å². The first-order valence-electron chi connectivity index (χ1n) is 12.2. The Balaban J connectivity index is 1.03. The van der Waals surface area contributed by atoms with Crippen LogP contribution in [0, 0.1) is 11.8 Å². The first-order chi connectivity index (χ1) is 17.0. The Labute approximate surface area is 204 Å². The molecule has 1 saturated carbocycles. The summed E-state index contributed by atoms with van der Waals surface area (Å²) < 4.78 is 10.8. The number of aliphatic carboxylic acids is 1. The highest BCUT2D eigenvalue weighted by Crippen LogP contribution is 2.44. The van der Waals surface area contributed by atoms with Gasteiger partial charge in [0.1, 0.15) is 6.61 Å². The lowest BCUT2D eigenvalue weighted by molar-refractivity contribution is -0.159. The van der Waals surface area contributed by atoms with Crippen LogP contribution < -0.4 is 5.32 Å². The lowest BCUT2D eigenvalue weighted by Crippen LogP contribution is -2.49. The van der Waals surface area contributed by atoms with Crippen LogP contribution in [0.4, 0.5) is 4.79 Å². The van der Waals surface area contributed by atoms with E-state index in [1.165, 1.54) is 22.3 Å². The van der Waals surface area contributed by atoms with Gasteiger partial charge in [-0.1, -0.05) is 48.5 Å². The van der Waals surface area contributed by atoms with Gasteiger partial charge >= 0.3 is 12.1 Å². The number of nitrogens with one attached hydrogen (secondary N) is 1. The summed E-state index contributed by atoms with van der Waals surface area (Å²) in [5, 5.41) is 12.0. The van der Waals surface area contributed by atoms with E-state index in [2.05, 4.69) is 29.6 Å². The zero-order valence-electron chi connectivity index (χ0n) is 19.5. The largest absolute Gasteiger partial charge is 0.479 e. The maximum Gasteiger partial charge on any atom is 0.407 e. The quantitative estimate of drug-likeness (QED) is 0.633. The Morgan fingerprint density at radius 1 is 1.00 bits per heavy atom. The Morgan fingerprint density at radius 2 is 1.66 bits per heavy atom. The topological polar surface area (TPSA) is 105 Å². The molecule has 184 valence electrons. The average molecular weight is 479 g/mol. The van der Waals surface area contributed by atoms with Crippen molar-refractivity contribution in [2.24, 2.45) is 11.8 Å². The van der Waals surface area contributed by atoms with Crippen molar-refractivity contribution in [3.8, 4) is 11.1 Å². The number of carboxylic acid groups (broad SMARTS) is 1. The maximum absolute atomic E-state index is 12.5. The molecule has 1 aliphatic heterocycles. The Bertz CT molecular complexity index is 1070. The molecule has 8 nitrogen and oxygen atoms in total. The van der Waals surface area contributed by atoms with Crippen molar-refractivity contribution in [1.82, 2.24) is 10.2 Å². The van der Waals surface area contributed by atoms with E-state index in [0.717, 1.165) is 12.8 Å². The molecule has 1 heterocycles. The summed E-state index contributed by atoms with van der Waals surface area (Å²) in [7, 11) is 0. The normalized spacial score (nSPS) is 23.1. The van der Waals surface area contributed by atoms with Crippen molar-refractivity contribution >= 4 is 18.0 Å². The predicted molar refractivity (Wildman–Crippen MR) is 128 cm³/mol. The minimum atomic E-state index is -1.04. The fourth-order valence-electron chi connectivity index (χ4n) is 5.49. The summed E-state index contributed by atoms with van der Waals surface area (Å²) in [6.45, 7) is 1.61. The van der Waals surface area contributed by atoms with Gasteiger partial charge in [-0.2, -0.15) is 0 Å². The van der Waals surface area contributed by atoms with Crippen LogP contribution in [0.5, 0.6) is 0 Å². The van der Waals surface area contributed by atoms with Crippen molar-refractivity contribution in [2.45, 2.75) is 31.3 Å². The highest BCUT2D eigenvalue weighted by atomic mass is 16.5. The molecule has 0 spiro atoms. The molecule has 5 rings (SSSR count). The predicted octanol–water partition coefficient (Wildman–Crippen LogP) is 3.25. The second-order valence-corrected chi connectivity index (χ2v) is 9.65. The number of nitrogens with zero attached hydrogens (tertiary/aromatic N) is 1. The van der Waals surface area contributed by atoms with Crippen LogP contribution in [-0.2, 0) is 19.1 Å². The Kier molecular flexibility index (Phi) is 6.72. The molecule has 0 aromatic heterocycles. The van der Waals surface area contributed by atoms with E-state index in [1.807, 2.05) is 24.3 Å². The number of carbonyl (C=O) groups excluding carboxylic acids is 2. The van der Waals surface area contributed by atoms with Crippen molar-refractivity contribution < 1.29 is 29.0 Å². The summed E-state index contributed by atoms with van der Waals surface area (Å²) in [6.07, 6.45) is 0.778. The second-order valence-electron chi connectivity index (χ2n) is 9.65. The van der Waals surface area contributed by atoms with Crippen LogP contribution in [-0.4, -0.2) is 66.9 Å². The van der Waals surface area contributed by atoms with Crippen molar-refractivity contribution in [3.63, 3.8) is 0 Å². The summed E-state index contributed by atoms with van der Waals surface area (Å²) in [4.78, 5) is 37.6. The number of hydrogen-bond acceptors (Lipinski definition) is 5. The van der Waals surface area contributed by atoms with Crippen LogP contribution >= 0.6 is 0 Å². The lowest BCUT2D eigenvalue weighted by Gasteiger charge is -2.37. The molecule has 2 fully saturated rings. The number of hydrogen-bond donors (Lipinski definition) is 2. The van der Waals surface area contributed by atoms with Gasteiger partial charge in [-0.05, 0) is 46.9 Å². The molecular weight excluding hydrogens is 448 g/mol. The monoisotopic (exact) mass is 478 g/mol. The van der Waals surface area contributed by atoms with Crippen molar-refractivity contribution in [2.75, 3.05) is 32.8 Å². The number of amides is 2. The summed E-state index contributed by atoms with van der Waals surface area (Å²) in [5.74, 6) is -0.432. The lowest BCUT2D eigenvalue weighted by atomic mass is 9.73. The van der Waals surface area contributed by atoms with E-state index in [4.69, 9.17) is 14.6 Å². The van der Waals surface area contributed by atoms with E-state index in [1.54, 1.807) is 4.90 Å². The number of morpholine rings is 1. The molecule has 0 bridgehead atoms. The zero-order chi connectivity index (χ0) is 24.4. The molecule has 35 heavy (non-hydrogen) atoms. The van der Waals surface area contributed by atoms with Gasteiger partial charge in [-0.15, -0.1) is 0 Å². The maximum atomic E-state index is 12.5. The highest BCUT2D eigenvalue weighted by Gasteiger charge is 2.35. The van der Waals surface area contributed by atoms with Crippen LogP contribution in [0.25, 0.3) is 11.1 Å². The Hall–Kier alpha value is -3.39. The standard InChI is InChI=1S/C27H30N2O6/c30-25(29-9-10-34-24(15-29)26(31)32)13-17-11-18(12-17)14-28-27(33)35-16-23-21-7-3-1-5-19(21)20-6-2-4-8-22(20)23/h1-8,17-18,23-24H,9-16H2,(H,28,33)(H,31,32). The minimum absolute atomic E-state index is 0.0208. The number of carboxylic acids is 1. The van der Waals surface area contributed by atoms with Gasteiger partial charge in [0.25, 0.3) is 0 Å². The average Bonchev–Trinajstić information content (AvgIpc) is 3.17. The fourth-order valence-corrected chi connectivity index (χ4v) is 5.49. The van der Waals surface area contributed by atoms with E-state index in [0.29, 0.717) is 32.0 Å². The summed E-state index contributed by atoms with van der Waals surface area (Å²) in [6, 6.07) is 16.5. The molecule has 0 radical (unpaired) electrons. The van der Waals surface area contributed by atoms with Crippen LogP contribution in [0.1, 0.15) is 36.3 Å². The van der Waals surface area contributed by atoms with Gasteiger partial charge < -0.3 is 24.8 Å². The first-order valence-corrected chi connectivity index (χ1v) is 12.2. The summed E-state index contributed by atoms with van der Waals surface area (Å²) >= 11 is 0. The number of benzene rings is 2. The van der Waals surface area contributed by atoms with Crippen molar-refractivity contribution in [3.05, 3.63) is 59.7 Å². The molecular formula is C27H30N2O6. The smallest absolute Gasteiger partial charge is 0.407 e.